The van der Waals surface area contributed by atoms with Gasteiger partial charge in [-0.2, -0.15) is 9.78 Å². The Bertz CT molecular complexity index is 1360. The van der Waals surface area contributed by atoms with Crippen LogP contribution in [0.5, 0.6) is 17.2 Å². The van der Waals surface area contributed by atoms with E-state index in [1.807, 2.05) is 6.07 Å². The first-order chi connectivity index (χ1) is 15.0. The van der Waals surface area contributed by atoms with Crippen LogP contribution in [0.15, 0.2) is 70.6 Å². The van der Waals surface area contributed by atoms with E-state index in [1.54, 1.807) is 82.0 Å². The molecule has 4 rings (SSSR count). The van der Waals surface area contributed by atoms with Crippen molar-refractivity contribution in [1.29, 1.82) is 0 Å². The normalized spacial score (nSPS) is 11.2. The van der Waals surface area contributed by atoms with E-state index in [0.29, 0.717) is 39.4 Å². The first-order valence-corrected chi connectivity index (χ1v) is 9.60. The number of rotatable bonds is 5. The average molecular weight is 415 g/mol. The second kappa shape index (κ2) is 8.31. The van der Waals surface area contributed by atoms with Crippen LogP contribution in [0.2, 0.25) is 0 Å². The van der Waals surface area contributed by atoms with Crippen molar-refractivity contribution in [3.63, 3.8) is 0 Å². The average Bonchev–Trinajstić information content (AvgIpc) is 2.80. The van der Waals surface area contributed by atoms with Gasteiger partial charge in [-0.3, -0.25) is 4.79 Å². The number of aromatic nitrogens is 2. The summed E-state index contributed by atoms with van der Waals surface area (Å²) in [5, 5.41) is 14.6. The van der Waals surface area contributed by atoms with Gasteiger partial charge in [0.05, 0.1) is 31.3 Å². The number of phenolic OH excluding ortho intramolecular Hbond substituents is 1. The molecule has 0 aliphatic heterocycles. The molecule has 0 aliphatic carbocycles. The van der Waals surface area contributed by atoms with Crippen molar-refractivity contribution in [2.75, 3.05) is 14.2 Å². The minimum Gasteiger partial charge on any atom is -0.508 e. The molecule has 1 heterocycles. The molecule has 1 N–H and O–H groups in total. The van der Waals surface area contributed by atoms with Crippen molar-refractivity contribution in [3.8, 4) is 28.6 Å². The summed E-state index contributed by atoms with van der Waals surface area (Å²) >= 11 is 0. The molecule has 31 heavy (non-hydrogen) atoms. The summed E-state index contributed by atoms with van der Waals surface area (Å²) in [6.07, 6.45) is 1.56. The van der Waals surface area contributed by atoms with Crippen LogP contribution in [0.4, 0.5) is 0 Å². The molecule has 0 amide bonds. The third-order valence-electron chi connectivity index (χ3n) is 4.94. The summed E-state index contributed by atoms with van der Waals surface area (Å²) in [6, 6.07) is 17.5. The van der Waals surface area contributed by atoms with Crippen molar-refractivity contribution in [2.45, 2.75) is 6.92 Å². The number of fused-ring (bicyclic) bond motifs is 1. The molecular weight excluding hydrogens is 394 g/mol. The molecule has 156 valence electrons. The van der Waals surface area contributed by atoms with Crippen LogP contribution >= 0.6 is 0 Å². The molecule has 4 aromatic rings. The highest BCUT2D eigenvalue weighted by molar-refractivity contribution is 5.82. The van der Waals surface area contributed by atoms with Crippen molar-refractivity contribution in [2.24, 2.45) is 5.10 Å². The van der Waals surface area contributed by atoms with Gasteiger partial charge in [-0.15, -0.1) is 0 Å². The Hall–Kier alpha value is -4.13. The molecule has 0 saturated heterocycles. The SMILES string of the molecule is COc1ccc(-c2nc3ccccc3c(=O)n2N=Cc2ccc(O)c(C)c2)cc1OC. The Balaban J connectivity index is 1.93. The van der Waals surface area contributed by atoms with Crippen molar-refractivity contribution < 1.29 is 14.6 Å². The highest BCUT2D eigenvalue weighted by Crippen LogP contribution is 2.31. The largest absolute Gasteiger partial charge is 0.508 e. The van der Waals surface area contributed by atoms with Gasteiger partial charge in [0.1, 0.15) is 5.75 Å². The van der Waals surface area contributed by atoms with Crippen LogP contribution in [-0.2, 0) is 0 Å². The van der Waals surface area contributed by atoms with Crippen LogP contribution in [0.3, 0.4) is 0 Å². The van der Waals surface area contributed by atoms with Crippen molar-refractivity contribution in [1.82, 2.24) is 9.66 Å². The molecule has 0 spiro atoms. The van der Waals surface area contributed by atoms with Gasteiger partial charge < -0.3 is 14.6 Å². The predicted molar refractivity (Wildman–Crippen MR) is 120 cm³/mol. The molecule has 3 aromatic carbocycles. The number of nitrogens with zero attached hydrogens (tertiary/aromatic N) is 3. The molecule has 0 atom stereocenters. The number of hydrogen-bond acceptors (Lipinski definition) is 6. The number of aromatic hydroxyl groups is 1. The van der Waals surface area contributed by atoms with Crippen LogP contribution in [0.1, 0.15) is 11.1 Å². The second-order valence-corrected chi connectivity index (χ2v) is 6.93. The molecule has 0 fully saturated rings. The fourth-order valence-corrected chi connectivity index (χ4v) is 3.28. The number of benzene rings is 3. The lowest BCUT2D eigenvalue weighted by atomic mass is 10.1. The number of ether oxygens (including phenoxy) is 2. The summed E-state index contributed by atoms with van der Waals surface area (Å²) in [6.45, 7) is 1.80. The van der Waals surface area contributed by atoms with Gasteiger partial charge in [0.15, 0.2) is 17.3 Å². The second-order valence-electron chi connectivity index (χ2n) is 6.93. The van der Waals surface area contributed by atoms with Crippen molar-refractivity contribution in [3.05, 3.63) is 82.1 Å². The Labute approximate surface area is 178 Å². The smallest absolute Gasteiger partial charge is 0.282 e. The van der Waals surface area contributed by atoms with E-state index in [2.05, 4.69) is 5.10 Å². The lowest BCUT2D eigenvalue weighted by molar-refractivity contribution is 0.355. The van der Waals surface area contributed by atoms with E-state index >= 15 is 0 Å². The minimum absolute atomic E-state index is 0.202. The molecule has 0 aliphatic rings. The number of methoxy groups -OCH3 is 2. The van der Waals surface area contributed by atoms with Gasteiger partial charge >= 0.3 is 0 Å². The van der Waals surface area contributed by atoms with Gasteiger partial charge in [0.25, 0.3) is 5.56 Å². The van der Waals surface area contributed by atoms with Gasteiger partial charge in [-0.05, 0) is 66.6 Å². The molecule has 7 nitrogen and oxygen atoms in total. The quantitative estimate of drug-likeness (QED) is 0.499. The lowest BCUT2D eigenvalue weighted by Gasteiger charge is -2.12. The summed E-state index contributed by atoms with van der Waals surface area (Å²) in [5.74, 6) is 1.67. The summed E-state index contributed by atoms with van der Waals surface area (Å²) in [4.78, 5) is 17.9. The topological polar surface area (TPSA) is 85.9 Å². The number of para-hydroxylation sites is 1. The van der Waals surface area contributed by atoms with E-state index in [4.69, 9.17) is 14.5 Å². The van der Waals surface area contributed by atoms with Gasteiger partial charge in [-0.1, -0.05) is 12.1 Å². The fraction of sp³-hybridized carbons (Fsp3) is 0.125. The summed E-state index contributed by atoms with van der Waals surface area (Å²) in [5.41, 5.74) is 2.40. The molecular formula is C24H21N3O4. The molecule has 0 unspecified atom stereocenters. The molecule has 7 heteroatoms. The number of aryl methyl sites for hydroxylation is 1. The van der Waals surface area contributed by atoms with E-state index in [-0.39, 0.29) is 11.3 Å². The van der Waals surface area contributed by atoms with E-state index in [1.165, 1.54) is 4.68 Å². The maximum absolute atomic E-state index is 13.3. The Morgan fingerprint density at radius 3 is 2.52 bits per heavy atom. The zero-order valence-electron chi connectivity index (χ0n) is 17.4. The molecule has 0 radical (unpaired) electrons. The standard InChI is InChI=1S/C24H21N3O4/c1-15-12-16(8-10-20(15)28)14-25-27-23(17-9-11-21(30-2)22(13-17)31-3)26-19-7-5-4-6-18(19)24(27)29/h4-14,28H,1-3H3. The van der Waals surface area contributed by atoms with Crippen LogP contribution in [0.25, 0.3) is 22.3 Å². The Morgan fingerprint density at radius 1 is 1.00 bits per heavy atom. The maximum Gasteiger partial charge on any atom is 0.282 e. The van der Waals surface area contributed by atoms with Crippen LogP contribution in [0, 0.1) is 6.92 Å². The first kappa shape index (κ1) is 20.2. The predicted octanol–water partition coefficient (Wildman–Crippen LogP) is 3.98. The molecule has 1 aromatic heterocycles. The molecule has 0 bridgehead atoms. The van der Waals surface area contributed by atoms with Gasteiger partial charge in [0, 0.05) is 5.56 Å². The highest BCUT2D eigenvalue weighted by atomic mass is 16.5. The highest BCUT2D eigenvalue weighted by Gasteiger charge is 2.15. The summed E-state index contributed by atoms with van der Waals surface area (Å²) in [7, 11) is 3.11. The van der Waals surface area contributed by atoms with Gasteiger partial charge in [0.2, 0.25) is 0 Å². The number of hydrogen-bond donors (Lipinski definition) is 1. The zero-order valence-corrected chi connectivity index (χ0v) is 17.4. The third kappa shape index (κ3) is 3.85. The minimum atomic E-state index is -0.290. The van der Waals surface area contributed by atoms with E-state index in [0.717, 1.165) is 5.56 Å². The Morgan fingerprint density at radius 2 is 1.77 bits per heavy atom. The van der Waals surface area contributed by atoms with Crippen LogP contribution < -0.4 is 15.0 Å². The summed E-state index contributed by atoms with van der Waals surface area (Å²) < 4.78 is 12.0. The third-order valence-corrected chi connectivity index (χ3v) is 4.94. The molecule has 0 saturated carbocycles. The fourth-order valence-electron chi connectivity index (χ4n) is 3.28. The van der Waals surface area contributed by atoms with Crippen LogP contribution in [-0.4, -0.2) is 35.2 Å². The van der Waals surface area contributed by atoms with Gasteiger partial charge in [-0.25, -0.2) is 4.98 Å². The van der Waals surface area contributed by atoms with E-state index < -0.39 is 0 Å². The first-order valence-electron chi connectivity index (χ1n) is 9.60. The lowest BCUT2D eigenvalue weighted by Crippen LogP contribution is -2.20. The maximum atomic E-state index is 13.3. The van der Waals surface area contributed by atoms with E-state index in [9.17, 15) is 9.90 Å². The number of phenols is 1. The monoisotopic (exact) mass is 415 g/mol. The zero-order chi connectivity index (χ0) is 22.0. The Kier molecular flexibility index (Phi) is 5.41. The van der Waals surface area contributed by atoms with Crippen molar-refractivity contribution >= 4 is 17.1 Å².